The fourth-order valence-corrected chi connectivity index (χ4v) is 4.41. The lowest BCUT2D eigenvalue weighted by molar-refractivity contribution is -0.198. The number of esters is 1. The first kappa shape index (κ1) is 18.6. The molecule has 5 atom stereocenters. The Morgan fingerprint density at radius 2 is 2.32 bits per heavy atom. The summed E-state index contributed by atoms with van der Waals surface area (Å²) in [5.41, 5.74) is 1.31. The zero-order chi connectivity index (χ0) is 17.6. The number of hydrogen-bond donors (Lipinski definition) is 1. The topological polar surface area (TPSA) is 65.0 Å². The van der Waals surface area contributed by atoms with E-state index in [4.69, 9.17) is 9.47 Å². The van der Waals surface area contributed by atoms with Crippen molar-refractivity contribution in [3.8, 4) is 0 Å². The number of allylic oxidation sites excluding steroid dienone is 4. The summed E-state index contributed by atoms with van der Waals surface area (Å²) in [4.78, 5) is 11.1. The maximum absolute atomic E-state index is 11.1. The van der Waals surface area contributed by atoms with Crippen LogP contribution in [0.3, 0.4) is 0 Å². The SMILES string of the molecule is COC(=O)CCC=CC1=CC2CC(OC3CCCCO3)C(CO)C2C1. The highest BCUT2D eigenvalue weighted by molar-refractivity contribution is 5.69. The van der Waals surface area contributed by atoms with Gasteiger partial charge >= 0.3 is 5.97 Å². The molecule has 1 saturated heterocycles. The van der Waals surface area contributed by atoms with Crippen molar-refractivity contribution in [3.63, 3.8) is 0 Å². The summed E-state index contributed by atoms with van der Waals surface area (Å²) >= 11 is 0. The minimum absolute atomic E-state index is 0.0895. The van der Waals surface area contributed by atoms with E-state index in [0.29, 0.717) is 24.7 Å². The molecule has 0 aromatic carbocycles. The summed E-state index contributed by atoms with van der Waals surface area (Å²) in [5, 5.41) is 9.89. The average molecular weight is 350 g/mol. The molecule has 1 aliphatic heterocycles. The third kappa shape index (κ3) is 4.72. The Labute approximate surface area is 150 Å². The lowest BCUT2D eigenvalue weighted by Crippen LogP contribution is -2.32. The highest BCUT2D eigenvalue weighted by Crippen LogP contribution is 2.48. The molecule has 3 aliphatic rings. The Morgan fingerprint density at radius 3 is 3.04 bits per heavy atom. The monoisotopic (exact) mass is 350 g/mol. The molecule has 1 heterocycles. The Balaban J connectivity index is 1.51. The number of hydrogen-bond acceptors (Lipinski definition) is 5. The van der Waals surface area contributed by atoms with Gasteiger partial charge in [-0.25, -0.2) is 0 Å². The first-order valence-corrected chi connectivity index (χ1v) is 9.53. The van der Waals surface area contributed by atoms with Gasteiger partial charge in [0.25, 0.3) is 0 Å². The molecule has 25 heavy (non-hydrogen) atoms. The van der Waals surface area contributed by atoms with E-state index in [0.717, 1.165) is 38.7 Å². The molecule has 2 fully saturated rings. The van der Waals surface area contributed by atoms with Crippen molar-refractivity contribution < 1.29 is 24.1 Å². The third-order valence-corrected chi connectivity index (χ3v) is 5.73. The fourth-order valence-electron chi connectivity index (χ4n) is 4.41. The highest BCUT2D eigenvalue weighted by Gasteiger charge is 2.46. The maximum atomic E-state index is 11.1. The molecule has 0 radical (unpaired) electrons. The molecule has 5 heteroatoms. The van der Waals surface area contributed by atoms with Crippen LogP contribution in [0.5, 0.6) is 0 Å². The number of aliphatic hydroxyl groups is 1. The Kier molecular flexibility index (Phi) is 6.68. The highest BCUT2D eigenvalue weighted by atomic mass is 16.7. The smallest absolute Gasteiger partial charge is 0.305 e. The summed E-state index contributed by atoms with van der Waals surface area (Å²) < 4.78 is 16.5. The van der Waals surface area contributed by atoms with E-state index in [-0.39, 0.29) is 30.9 Å². The van der Waals surface area contributed by atoms with Crippen LogP contribution in [0.1, 0.15) is 44.9 Å². The van der Waals surface area contributed by atoms with Crippen LogP contribution in [-0.2, 0) is 19.0 Å². The van der Waals surface area contributed by atoms with E-state index in [1.807, 2.05) is 6.08 Å². The molecule has 1 N–H and O–H groups in total. The van der Waals surface area contributed by atoms with Gasteiger partial charge in [-0.15, -0.1) is 0 Å². The van der Waals surface area contributed by atoms with Crippen LogP contribution >= 0.6 is 0 Å². The molecular weight excluding hydrogens is 320 g/mol. The van der Waals surface area contributed by atoms with Gasteiger partial charge in [0.05, 0.1) is 13.2 Å². The standard InChI is InChI=1S/C20H30O5/c1-23-19(22)7-3-2-6-14-10-15-12-18(17(13-21)16(15)11-14)25-20-8-4-5-9-24-20/h2,6,10,15-18,20-21H,3-5,7-9,11-13H2,1H3. The fraction of sp³-hybridized carbons (Fsp3) is 0.750. The van der Waals surface area contributed by atoms with Gasteiger partial charge in [0.1, 0.15) is 0 Å². The second-order valence-corrected chi connectivity index (χ2v) is 7.34. The van der Waals surface area contributed by atoms with Gasteiger partial charge in [-0.2, -0.15) is 0 Å². The predicted octanol–water partition coefficient (Wildman–Crippen LogP) is 2.98. The second-order valence-electron chi connectivity index (χ2n) is 7.34. The van der Waals surface area contributed by atoms with E-state index in [9.17, 15) is 9.90 Å². The molecule has 1 saturated carbocycles. The van der Waals surface area contributed by atoms with Crippen molar-refractivity contribution in [1.82, 2.24) is 0 Å². The molecule has 5 nitrogen and oxygen atoms in total. The Hall–Kier alpha value is -1.17. The van der Waals surface area contributed by atoms with E-state index < -0.39 is 0 Å². The van der Waals surface area contributed by atoms with Crippen LogP contribution in [0.25, 0.3) is 0 Å². The second kappa shape index (κ2) is 8.97. The van der Waals surface area contributed by atoms with E-state index in [2.05, 4.69) is 16.9 Å². The third-order valence-electron chi connectivity index (χ3n) is 5.73. The van der Waals surface area contributed by atoms with Gasteiger partial charge in [-0.3, -0.25) is 4.79 Å². The molecule has 0 bridgehead atoms. The van der Waals surface area contributed by atoms with Crippen molar-refractivity contribution in [3.05, 3.63) is 23.8 Å². The van der Waals surface area contributed by atoms with E-state index in [1.54, 1.807) is 0 Å². The zero-order valence-corrected chi connectivity index (χ0v) is 15.1. The number of fused-ring (bicyclic) bond motifs is 1. The maximum Gasteiger partial charge on any atom is 0.305 e. The number of ether oxygens (including phenoxy) is 3. The first-order valence-electron chi connectivity index (χ1n) is 9.53. The number of aliphatic hydroxyl groups excluding tert-OH is 1. The van der Waals surface area contributed by atoms with Gasteiger partial charge in [-0.1, -0.05) is 23.8 Å². The van der Waals surface area contributed by atoms with Gasteiger partial charge < -0.3 is 19.3 Å². The number of carbonyl (C=O) groups excluding carboxylic acids is 1. The molecule has 2 aliphatic carbocycles. The summed E-state index contributed by atoms with van der Waals surface area (Å²) in [6.45, 7) is 0.959. The van der Waals surface area contributed by atoms with Gasteiger partial charge in [0.15, 0.2) is 6.29 Å². The summed E-state index contributed by atoms with van der Waals surface area (Å²) in [6, 6.07) is 0. The predicted molar refractivity (Wildman–Crippen MR) is 93.7 cm³/mol. The first-order chi connectivity index (χ1) is 12.2. The normalized spacial score (nSPS) is 35.0. The molecule has 0 amide bonds. The molecule has 0 aromatic heterocycles. The van der Waals surface area contributed by atoms with E-state index >= 15 is 0 Å². The zero-order valence-electron chi connectivity index (χ0n) is 15.1. The average Bonchev–Trinajstić information content (AvgIpc) is 3.16. The molecule has 5 unspecified atom stereocenters. The van der Waals surface area contributed by atoms with Crippen LogP contribution in [0.4, 0.5) is 0 Å². The lowest BCUT2D eigenvalue weighted by Gasteiger charge is -2.29. The molecule has 3 rings (SSSR count). The van der Waals surface area contributed by atoms with Crippen LogP contribution in [-0.4, -0.2) is 43.8 Å². The molecular formula is C20H30O5. The number of carbonyl (C=O) groups is 1. The summed E-state index contributed by atoms with van der Waals surface area (Å²) in [6.07, 6.45) is 12.8. The van der Waals surface area contributed by atoms with Gasteiger partial charge in [-0.05, 0) is 50.4 Å². The van der Waals surface area contributed by atoms with Crippen LogP contribution in [0, 0.1) is 17.8 Å². The van der Waals surface area contributed by atoms with Gasteiger partial charge in [0, 0.05) is 25.6 Å². The molecule has 0 aromatic rings. The van der Waals surface area contributed by atoms with Crippen molar-refractivity contribution >= 4 is 5.97 Å². The summed E-state index contributed by atoms with van der Waals surface area (Å²) in [5.74, 6) is 0.949. The Morgan fingerprint density at radius 1 is 1.44 bits per heavy atom. The van der Waals surface area contributed by atoms with Gasteiger partial charge in [0.2, 0.25) is 0 Å². The number of methoxy groups -OCH3 is 1. The Bertz CT molecular complexity index is 506. The van der Waals surface area contributed by atoms with Crippen LogP contribution in [0.15, 0.2) is 23.8 Å². The van der Waals surface area contributed by atoms with Crippen molar-refractivity contribution in [2.45, 2.75) is 57.3 Å². The molecule has 0 spiro atoms. The van der Waals surface area contributed by atoms with Crippen molar-refractivity contribution in [1.29, 1.82) is 0 Å². The van der Waals surface area contributed by atoms with Crippen molar-refractivity contribution in [2.24, 2.45) is 17.8 Å². The minimum Gasteiger partial charge on any atom is -0.469 e. The quantitative estimate of drug-likeness (QED) is 0.715. The van der Waals surface area contributed by atoms with E-state index in [1.165, 1.54) is 12.7 Å². The largest absolute Gasteiger partial charge is 0.469 e. The van der Waals surface area contributed by atoms with Crippen LogP contribution in [0.2, 0.25) is 0 Å². The van der Waals surface area contributed by atoms with Crippen LogP contribution < -0.4 is 0 Å². The molecule has 140 valence electrons. The lowest BCUT2D eigenvalue weighted by atomic mass is 9.90. The van der Waals surface area contributed by atoms with Crippen molar-refractivity contribution in [2.75, 3.05) is 20.3 Å². The minimum atomic E-state index is -0.174. The number of rotatable bonds is 7. The summed E-state index contributed by atoms with van der Waals surface area (Å²) in [7, 11) is 1.42.